The number of hydrogen-bond acceptors (Lipinski definition) is 2. The van der Waals surface area contributed by atoms with Gasteiger partial charge in [0, 0.05) is 49.3 Å². The Bertz CT molecular complexity index is 819. The van der Waals surface area contributed by atoms with Crippen LogP contribution in [0.25, 0.3) is 11.3 Å². The summed E-state index contributed by atoms with van der Waals surface area (Å²) in [7, 11) is 2.03. The summed E-state index contributed by atoms with van der Waals surface area (Å²) in [5.74, 6) is 0.746. The highest BCUT2D eigenvalue weighted by molar-refractivity contribution is 5.83. The average molecular weight is 335 g/mol. The predicted octanol–water partition coefficient (Wildman–Crippen LogP) is 3.20. The maximum absolute atomic E-state index is 12.9. The Kier molecular flexibility index (Phi) is 3.31. The van der Waals surface area contributed by atoms with E-state index in [1.54, 1.807) is 0 Å². The predicted molar refractivity (Wildman–Crippen MR) is 97.0 cm³/mol. The summed E-state index contributed by atoms with van der Waals surface area (Å²) in [5, 5.41) is 4.78. The number of carbonyl (C=O) groups is 1. The van der Waals surface area contributed by atoms with Gasteiger partial charge in [0.05, 0.1) is 5.69 Å². The fourth-order valence-corrected chi connectivity index (χ4v) is 4.93. The zero-order valence-electron chi connectivity index (χ0n) is 14.9. The highest BCUT2D eigenvalue weighted by atomic mass is 16.2. The van der Waals surface area contributed by atoms with Crippen LogP contribution in [0.5, 0.6) is 0 Å². The van der Waals surface area contributed by atoms with Gasteiger partial charge in [0.2, 0.25) is 5.91 Å². The van der Waals surface area contributed by atoms with Crippen molar-refractivity contribution in [2.75, 3.05) is 13.1 Å². The summed E-state index contributed by atoms with van der Waals surface area (Å²) in [6.45, 7) is 1.68. The Labute approximate surface area is 148 Å². The lowest BCUT2D eigenvalue weighted by molar-refractivity contribution is -0.133. The second-order valence-corrected chi connectivity index (χ2v) is 8.06. The Morgan fingerprint density at radius 3 is 2.60 bits per heavy atom. The van der Waals surface area contributed by atoms with Gasteiger partial charge in [-0.05, 0) is 31.1 Å². The van der Waals surface area contributed by atoms with E-state index in [9.17, 15) is 4.79 Å². The van der Waals surface area contributed by atoms with E-state index >= 15 is 0 Å². The van der Waals surface area contributed by atoms with Crippen molar-refractivity contribution in [3.05, 3.63) is 41.6 Å². The fraction of sp³-hybridized carbons (Fsp3) is 0.524. The van der Waals surface area contributed by atoms with Crippen molar-refractivity contribution >= 4 is 5.91 Å². The van der Waals surface area contributed by atoms with E-state index in [-0.39, 0.29) is 0 Å². The molecule has 1 amide bonds. The minimum atomic E-state index is 0.328. The van der Waals surface area contributed by atoms with E-state index < -0.39 is 0 Å². The average Bonchev–Trinajstić information content (AvgIpc) is 3.34. The van der Waals surface area contributed by atoms with Crippen molar-refractivity contribution in [1.82, 2.24) is 14.7 Å². The normalized spacial score (nSPS) is 23.7. The zero-order chi connectivity index (χ0) is 17.0. The Morgan fingerprint density at radius 1 is 1.16 bits per heavy atom. The van der Waals surface area contributed by atoms with Gasteiger partial charge < -0.3 is 4.90 Å². The van der Waals surface area contributed by atoms with E-state index in [4.69, 9.17) is 5.10 Å². The summed E-state index contributed by atoms with van der Waals surface area (Å²) in [5.41, 5.74) is 5.32. The number of fused-ring (bicyclic) bond motifs is 1. The van der Waals surface area contributed by atoms with Crippen LogP contribution in [-0.4, -0.2) is 33.7 Å². The van der Waals surface area contributed by atoms with E-state index in [0.717, 1.165) is 38.0 Å². The Balaban J connectivity index is 1.38. The smallest absolute Gasteiger partial charge is 0.226 e. The first-order chi connectivity index (χ1) is 12.2. The molecule has 3 aliphatic rings. The number of amides is 1. The third kappa shape index (κ3) is 2.34. The molecule has 130 valence electrons. The van der Waals surface area contributed by atoms with Crippen LogP contribution in [0.4, 0.5) is 0 Å². The van der Waals surface area contributed by atoms with Gasteiger partial charge in [-0.1, -0.05) is 36.8 Å². The molecule has 2 aromatic rings. The Hall–Kier alpha value is -2.10. The van der Waals surface area contributed by atoms with Crippen LogP contribution < -0.4 is 0 Å². The van der Waals surface area contributed by atoms with Gasteiger partial charge in [-0.25, -0.2) is 0 Å². The first-order valence-corrected chi connectivity index (χ1v) is 9.57. The van der Waals surface area contributed by atoms with Crippen molar-refractivity contribution < 1.29 is 4.79 Å². The molecule has 0 saturated heterocycles. The van der Waals surface area contributed by atoms with Crippen LogP contribution in [-0.2, 0) is 24.7 Å². The van der Waals surface area contributed by atoms with Crippen LogP contribution in [0, 0.1) is 11.3 Å². The molecule has 1 atom stereocenters. The van der Waals surface area contributed by atoms with Crippen LogP contribution in [0.2, 0.25) is 0 Å². The lowest BCUT2D eigenvalue weighted by atomic mass is 9.79. The summed E-state index contributed by atoms with van der Waals surface area (Å²) >= 11 is 0. The van der Waals surface area contributed by atoms with Gasteiger partial charge in [0.15, 0.2) is 0 Å². The molecule has 1 spiro atoms. The highest BCUT2D eigenvalue weighted by Crippen LogP contribution is 2.65. The topological polar surface area (TPSA) is 38.1 Å². The van der Waals surface area contributed by atoms with E-state index in [2.05, 4.69) is 29.2 Å². The molecule has 2 saturated carbocycles. The van der Waals surface area contributed by atoms with E-state index in [1.165, 1.54) is 36.1 Å². The molecule has 25 heavy (non-hydrogen) atoms. The van der Waals surface area contributed by atoms with Crippen LogP contribution in [0.3, 0.4) is 0 Å². The van der Waals surface area contributed by atoms with Gasteiger partial charge in [0.1, 0.15) is 0 Å². The molecule has 1 aromatic heterocycles. The number of hydrogen-bond donors (Lipinski definition) is 0. The first-order valence-electron chi connectivity index (χ1n) is 9.57. The molecule has 0 N–H and O–H groups in total. The third-order valence-electron chi connectivity index (χ3n) is 6.72. The summed E-state index contributed by atoms with van der Waals surface area (Å²) in [6.07, 6.45) is 6.85. The zero-order valence-corrected chi connectivity index (χ0v) is 14.9. The first kappa shape index (κ1) is 15.2. The molecule has 0 radical (unpaired) electrons. The summed E-state index contributed by atoms with van der Waals surface area (Å²) < 4.78 is 2.02. The third-order valence-corrected chi connectivity index (χ3v) is 6.72. The lowest BCUT2D eigenvalue weighted by Crippen LogP contribution is -2.36. The van der Waals surface area contributed by atoms with Crippen LogP contribution >= 0.6 is 0 Å². The van der Waals surface area contributed by atoms with Crippen molar-refractivity contribution in [3.8, 4) is 11.3 Å². The summed E-state index contributed by atoms with van der Waals surface area (Å²) in [4.78, 5) is 15.1. The fourth-order valence-electron chi connectivity index (χ4n) is 4.93. The Morgan fingerprint density at radius 2 is 1.92 bits per heavy atom. The van der Waals surface area contributed by atoms with Gasteiger partial charge in [-0.2, -0.15) is 5.10 Å². The summed E-state index contributed by atoms with van der Waals surface area (Å²) in [6, 6.07) is 10.4. The largest absolute Gasteiger partial charge is 0.342 e. The SMILES string of the molecule is Cn1nc(-c2ccccc2)c2c1CCN(C(=O)C1CC13CCC3)CC2. The minimum Gasteiger partial charge on any atom is -0.342 e. The molecule has 1 aliphatic heterocycles. The standard InChI is InChI=1S/C21H25N3O/c1-23-18-9-13-24(20(25)17-14-21(17)10-5-11-21)12-8-16(18)19(22-23)15-6-3-2-4-7-15/h2-4,6-7,17H,5,8-14H2,1H3. The molecular weight excluding hydrogens is 310 g/mol. The van der Waals surface area contributed by atoms with Crippen LogP contribution in [0.15, 0.2) is 30.3 Å². The van der Waals surface area contributed by atoms with Gasteiger partial charge >= 0.3 is 0 Å². The molecule has 1 unspecified atom stereocenters. The van der Waals surface area contributed by atoms with Gasteiger partial charge in [0.25, 0.3) is 0 Å². The molecule has 2 aliphatic carbocycles. The maximum Gasteiger partial charge on any atom is 0.226 e. The highest BCUT2D eigenvalue weighted by Gasteiger charge is 2.61. The van der Waals surface area contributed by atoms with E-state index in [0.29, 0.717) is 17.2 Å². The maximum atomic E-state index is 12.9. The number of aryl methyl sites for hydroxylation is 1. The monoisotopic (exact) mass is 335 g/mol. The lowest BCUT2D eigenvalue weighted by Gasteiger charge is -2.28. The van der Waals surface area contributed by atoms with Crippen molar-refractivity contribution in [2.24, 2.45) is 18.4 Å². The molecule has 2 heterocycles. The molecule has 4 heteroatoms. The van der Waals surface area contributed by atoms with Crippen molar-refractivity contribution in [3.63, 3.8) is 0 Å². The minimum absolute atomic E-state index is 0.328. The molecule has 0 bridgehead atoms. The molecular formula is C21H25N3O. The number of nitrogens with zero attached hydrogens (tertiary/aromatic N) is 3. The number of aromatic nitrogens is 2. The van der Waals surface area contributed by atoms with Crippen molar-refractivity contribution in [1.29, 1.82) is 0 Å². The molecule has 2 fully saturated rings. The number of benzene rings is 1. The van der Waals surface area contributed by atoms with Crippen molar-refractivity contribution in [2.45, 2.75) is 38.5 Å². The van der Waals surface area contributed by atoms with Gasteiger partial charge in [-0.15, -0.1) is 0 Å². The van der Waals surface area contributed by atoms with E-state index in [1.807, 2.05) is 17.8 Å². The number of rotatable bonds is 2. The second-order valence-electron chi connectivity index (χ2n) is 8.06. The van der Waals surface area contributed by atoms with Gasteiger partial charge in [-0.3, -0.25) is 9.48 Å². The molecule has 1 aromatic carbocycles. The van der Waals surface area contributed by atoms with Crippen LogP contribution in [0.1, 0.15) is 36.9 Å². The number of carbonyl (C=O) groups excluding carboxylic acids is 1. The molecule has 5 rings (SSSR count). The molecule has 4 nitrogen and oxygen atoms in total. The quantitative estimate of drug-likeness (QED) is 0.845. The second kappa shape index (κ2) is 5.45.